The average Bonchev–Trinajstić information content (AvgIpc) is 3.26. The van der Waals surface area contributed by atoms with Crippen LogP contribution in [0.3, 0.4) is 0 Å². The van der Waals surface area contributed by atoms with Gasteiger partial charge in [0.05, 0.1) is 31.7 Å². The molecule has 3 rings (SSSR count). The molecular weight excluding hydrogens is 380 g/mol. The number of aromatic nitrogens is 1. The van der Waals surface area contributed by atoms with Crippen LogP contribution in [-0.2, 0) is 13.0 Å². The standard InChI is InChI=1S/C23H28N4O3/c1-17(2)30-21-11-9-18(10-12-21)27-23(24-14-13-20-7-5-15-29-20)25-16-19-6-4-8-22(26-19)28-3/h4-12,15,17H,13-14,16H2,1-3H3,(H2,24,25,27). The van der Waals surface area contributed by atoms with Crippen LogP contribution in [0.1, 0.15) is 25.3 Å². The highest BCUT2D eigenvalue weighted by Gasteiger charge is 2.04. The summed E-state index contributed by atoms with van der Waals surface area (Å²) in [5.41, 5.74) is 1.73. The smallest absolute Gasteiger partial charge is 0.213 e. The van der Waals surface area contributed by atoms with E-state index in [1.807, 2.05) is 68.4 Å². The van der Waals surface area contributed by atoms with Crippen molar-refractivity contribution in [3.05, 3.63) is 72.3 Å². The Morgan fingerprint density at radius 1 is 1.10 bits per heavy atom. The minimum Gasteiger partial charge on any atom is -0.491 e. The van der Waals surface area contributed by atoms with E-state index in [1.54, 1.807) is 13.4 Å². The number of ether oxygens (including phenoxy) is 2. The van der Waals surface area contributed by atoms with E-state index < -0.39 is 0 Å². The zero-order valence-corrected chi connectivity index (χ0v) is 17.6. The fourth-order valence-electron chi connectivity index (χ4n) is 2.74. The quantitative estimate of drug-likeness (QED) is 0.406. The second-order valence-electron chi connectivity index (χ2n) is 6.91. The molecule has 0 unspecified atom stereocenters. The van der Waals surface area contributed by atoms with E-state index in [0.717, 1.165) is 29.3 Å². The Morgan fingerprint density at radius 2 is 1.93 bits per heavy atom. The first kappa shape index (κ1) is 21.2. The van der Waals surface area contributed by atoms with E-state index in [0.29, 0.717) is 24.9 Å². The van der Waals surface area contributed by atoms with Gasteiger partial charge in [-0.05, 0) is 56.3 Å². The number of anilines is 1. The lowest BCUT2D eigenvalue weighted by Crippen LogP contribution is -2.32. The van der Waals surface area contributed by atoms with Gasteiger partial charge in [0.2, 0.25) is 5.88 Å². The topological polar surface area (TPSA) is 80.9 Å². The zero-order chi connectivity index (χ0) is 21.2. The second kappa shape index (κ2) is 10.9. The minimum atomic E-state index is 0.138. The summed E-state index contributed by atoms with van der Waals surface area (Å²) in [6.45, 7) is 5.11. The number of furan rings is 1. The molecular formula is C23H28N4O3. The van der Waals surface area contributed by atoms with Gasteiger partial charge in [0.15, 0.2) is 5.96 Å². The maximum absolute atomic E-state index is 5.70. The SMILES string of the molecule is COc1cccc(CN=C(NCCc2ccco2)Nc2ccc(OC(C)C)cc2)n1. The number of nitrogens with one attached hydrogen (secondary N) is 2. The van der Waals surface area contributed by atoms with Crippen molar-refractivity contribution in [1.82, 2.24) is 10.3 Å². The molecule has 0 atom stereocenters. The van der Waals surface area contributed by atoms with Gasteiger partial charge in [0.1, 0.15) is 11.5 Å². The monoisotopic (exact) mass is 408 g/mol. The number of hydrogen-bond acceptors (Lipinski definition) is 5. The number of methoxy groups -OCH3 is 1. The molecule has 0 aliphatic carbocycles. The van der Waals surface area contributed by atoms with Crippen molar-refractivity contribution in [3.63, 3.8) is 0 Å². The van der Waals surface area contributed by atoms with E-state index in [4.69, 9.17) is 13.9 Å². The molecule has 7 heteroatoms. The molecule has 0 amide bonds. The fraction of sp³-hybridized carbons (Fsp3) is 0.304. The van der Waals surface area contributed by atoms with Crippen LogP contribution >= 0.6 is 0 Å². The Balaban J connectivity index is 1.67. The lowest BCUT2D eigenvalue weighted by atomic mass is 10.3. The van der Waals surface area contributed by atoms with E-state index in [2.05, 4.69) is 20.6 Å². The highest BCUT2D eigenvalue weighted by molar-refractivity contribution is 5.93. The molecule has 2 heterocycles. The Labute approximate surface area is 177 Å². The molecule has 7 nitrogen and oxygen atoms in total. The van der Waals surface area contributed by atoms with Crippen LogP contribution in [0.15, 0.2) is 70.3 Å². The van der Waals surface area contributed by atoms with Gasteiger partial charge < -0.3 is 24.5 Å². The van der Waals surface area contributed by atoms with Crippen molar-refractivity contribution in [1.29, 1.82) is 0 Å². The molecule has 158 valence electrons. The van der Waals surface area contributed by atoms with Gasteiger partial charge in [-0.3, -0.25) is 0 Å². The fourth-order valence-corrected chi connectivity index (χ4v) is 2.74. The summed E-state index contributed by atoms with van der Waals surface area (Å²) in [6, 6.07) is 17.3. The van der Waals surface area contributed by atoms with Gasteiger partial charge in [0, 0.05) is 24.7 Å². The van der Waals surface area contributed by atoms with Crippen LogP contribution in [0.25, 0.3) is 0 Å². The summed E-state index contributed by atoms with van der Waals surface area (Å²) in [4.78, 5) is 9.08. The van der Waals surface area contributed by atoms with Gasteiger partial charge in [-0.15, -0.1) is 0 Å². The molecule has 2 N–H and O–H groups in total. The van der Waals surface area contributed by atoms with E-state index in [1.165, 1.54) is 0 Å². The van der Waals surface area contributed by atoms with Crippen LogP contribution in [-0.4, -0.2) is 30.7 Å². The van der Waals surface area contributed by atoms with Gasteiger partial charge >= 0.3 is 0 Å². The van der Waals surface area contributed by atoms with Gasteiger partial charge in [-0.25, -0.2) is 9.98 Å². The van der Waals surface area contributed by atoms with Crippen molar-refractivity contribution in [3.8, 4) is 11.6 Å². The lowest BCUT2D eigenvalue weighted by molar-refractivity contribution is 0.242. The molecule has 30 heavy (non-hydrogen) atoms. The molecule has 1 aromatic carbocycles. The van der Waals surface area contributed by atoms with Crippen molar-refractivity contribution in [2.75, 3.05) is 19.0 Å². The predicted molar refractivity (Wildman–Crippen MR) is 118 cm³/mol. The molecule has 0 saturated heterocycles. The van der Waals surface area contributed by atoms with Gasteiger partial charge in [-0.1, -0.05) is 6.07 Å². The third kappa shape index (κ3) is 6.84. The molecule has 0 aliphatic heterocycles. The minimum absolute atomic E-state index is 0.138. The number of guanidine groups is 1. The van der Waals surface area contributed by atoms with Gasteiger partial charge in [-0.2, -0.15) is 0 Å². The number of hydrogen-bond donors (Lipinski definition) is 2. The molecule has 0 fully saturated rings. The molecule has 0 saturated carbocycles. The summed E-state index contributed by atoms with van der Waals surface area (Å²) in [6.07, 6.45) is 2.57. The largest absolute Gasteiger partial charge is 0.491 e. The first-order valence-corrected chi connectivity index (χ1v) is 9.97. The maximum Gasteiger partial charge on any atom is 0.213 e. The Hall–Kier alpha value is -3.48. The summed E-state index contributed by atoms with van der Waals surface area (Å²) >= 11 is 0. The molecule has 2 aromatic heterocycles. The third-order valence-corrected chi connectivity index (χ3v) is 4.12. The van der Waals surface area contributed by atoms with E-state index in [9.17, 15) is 0 Å². The summed E-state index contributed by atoms with van der Waals surface area (Å²) in [5.74, 6) is 2.99. The summed E-state index contributed by atoms with van der Waals surface area (Å²) in [5, 5.41) is 6.67. The summed E-state index contributed by atoms with van der Waals surface area (Å²) < 4.78 is 16.3. The van der Waals surface area contributed by atoms with E-state index >= 15 is 0 Å². The Kier molecular flexibility index (Phi) is 7.71. The molecule has 3 aromatic rings. The molecule has 0 spiro atoms. The first-order valence-electron chi connectivity index (χ1n) is 9.97. The van der Waals surface area contributed by atoms with Crippen molar-refractivity contribution in [2.45, 2.75) is 32.9 Å². The molecule has 0 aliphatic rings. The average molecular weight is 409 g/mol. The molecule has 0 bridgehead atoms. The Morgan fingerprint density at radius 3 is 2.63 bits per heavy atom. The molecule has 0 radical (unpaired) electrons. The normalized spacial score (nSPS) is 11.4. The highest BCUT2D eigenvalue weighted by Crippen LogP contribution is 2.17. The van der Waals surface area contributed by atoms with Crippen molar-refractivity contribution < 1.29 is 13.9 Å². The summed E-state index contributed by atoms with van der Waals surface area (Å²) in [7, 11) is 1.60. The maximum atomic E-state index is 5.70. The van der Waals surface area contributed by atoms with Crippen LogP contribution in [0.4, 0.5) is 5.69 Å². The number of nitrogens with zero attached hydrogens (tertiary/aromatic N) is 2. The zero-order valence-electron chi connectivity index (χ0n) is 17.6. The highest BCUT2D eigenvalue weighted by atomic mass is 16.5. The van der Waals surface area contributed by atoms with Crippen LogP contribution in [0.5, 0.6) is 11.6 Å². The number of benzene rings is 1. The predicted octanol–water partition coefficient (Wildman–Crippen LogP) is 4.27. The second-order valence-corrected chi connectivity index (χ2v) is 6.91. The van der Waals surface area contributed by atoms with Crippen molar-refractivity contribution >= 4 is 11.6 Å². The van der Waals surface area contributed by atoms with Crippen LogP contribution < -0.4 is 20.1 Å². The van der Waals surface area contributed by atoms with E-state index in [-0.39, 0.29) is 6.10 Å². The van der Waals surface area contributed by atoms with Gasteiger partial charge in [0.25, 0.3) is 0 Å². The first-order chi connectivity index (χ1) is 14.6. The van der Waals surface area contributed by atoms with Crippen LogP contribution in [0, 0.1) is 0 Å². The third-order valence-electron chi connectivity index (χ3n) is 4.12. The Bertz CT molecular complexity index is 922. The number of rotatable bonds is 9. The lowest BCUT2D eigenvalue weighted by Gasteiger charge is -2.14. The number of aliphatic imine (C=N–C) groups is 1. The van der Waals surface area contributed by atoms with Crippen LogP contribution in [0.2, 0.25) is 0 Å². The van der Waals surface area contributed by atoms with Crippen molar-refractivity contribution in [2.24, 2.45) is 4.99 Å². The number of pyridine rings is 1.